The van der Waals surface area contributed by atoms with Gasteiger partial charge in [0.05, 0.1) is 34.8 Å². The molecule has 3 aliphatic heterocycles. The molecule has 2 bridgehead atoms. The van der Waals surface area contributed by atoms with Gasteiger partial charge in [-0.3, -0.25) is 4.98 Å². The van der Waals surface area contributed by atoms with Crippen molar-refractivity contribution < 1.29 is 13.5 Å². The number of likely N-dealkylation sites (N-methyl/N-ethyl adjacent to an activating group) is 1. The van der Waals surface area contributed by atoms with Crippen LogP contribution in [0, 0.1) is 35.3 Å². The normalized spacial score (nSPS) is 20.9. The molecule has 8 nitrogen and oxygen atoms in total. The fourth-order valence-corrected chi connectivity index (χ4v) is 6.23. The Morgan fingerprint density at radius 3 is 2.49 bits per heavy atom. The molecule has 10 heteroatoms. The van der Waals surface area contributed by atoms with Crippen molar-refractivity contribution in [2.24, 2.45) is 0 Å². The predicted molar refractivity (Wildman–Crippen MR) is 153 cm³/mol. The smallest absolute Gasteiger partial charge is 0.228 e. The molecule has 5 heterocycles. The minimum absolute atomic E-state index is 0.00594. The minimum atomic E-state index is -0.665. The first-order valence-electron chi connectivity index (χ1n) is 13.8. The van der Waals surface area contributed by atoms with E-state index >= 15 is 4.39 Å². The Morgan fingerprint density at radius 2 is 1.78 bits per heavy atom. The Morgan fingerprint density at radius 1 is 1.02 bits per heavy atom. The molecule has 0 spiro atoms. The molecule has 0 saturated carbocycles. The van der Waals surface area contributed by atoms with E-state index in [1.165, 1.54) is 18.2 Å². The van der Waals surface area contributed by atoms with E-state index in [1.54, 1.807) is 12.3 Å². The number of terminal acetylenes is 1. The number of aromatic nitrogens is 3. The Balaban J connectivity index is 1.46. The number of anilines is 2. The molecule has 2 atom stereocenters. The summed E-state index contributed by atoms with van der Waals surface area (Å²) in [4.78, 5) is 20.7. The van der Waals surface area contributed by atoms with E-state index < -0.39 is 11.6 Å². The zero-order chi connectivity index (χ0) is 28.2. The highest BCUT2D eigenvalue weighted by atomic mass is 19.1. The highest BCUT2D eigenvalue weighted by Crippen LogP contribution is 2.38. The SMILES string of the molecule is C#Cc1c(F)ccc2cc(C#N)cc(-c3ncc4c(N5C[C@H]6CC[C@@H](C5)O6)nc(N5CCN(C)CC5)nc4c3F)c12. The monoisotopic (exact) mass is 551 g/mol. The zero-order valence-electron chi connectivity index (χ0n) is 22.6. The summed E-state index contributed by atoms with van der Waals surface area (Å²) >= 11 is 0. The van der Waals surface area contributed by atoms with Crippen LogP contribution in [0.3, 0.4) is 0 Å². The number of piperazine rings is 1. The molecule has 3 saturated heterocycles. The van der Waals surface area contributed by atoms with Crippen LogP contribution in [-0.4, -0.2) is 78.4 Å². The molecule has 206 valence electrons. The van der Waals surface area contributed by atoms with Crippen LogP contribution in [-0.2, 0) is 4.74 Å². The van der Waals surface area contributed by atoms with Crippen LogP contribution in [0.15, 0.2) is 30.5 Å². The molecular weight excluding hydrogens is 524 g/mol. The van der Waals surface area contributed by atoms with Gasteiger partial charge in [0.2, 0.25) is 5.95 Å². The number of morpholine rings is 1. The van der Waals surface area contributed by atoms with Gasteiger partial charge in [-0.25, -0.2) is 13.8 Å². The summed E-state index contributed by atoms with van der Waals surface area (Å²) in [5.74, 6) is 2.23. The van der Waals surface area contributed by atoms with Gasteiger partial charge in [0, 0.05) is 56.4 Å². The van der Waals surface area contributed by atoms with Crippen molar-refractivity contribution >= 4 is 33.4 Å². The maximum atomic E-state index is 16.7. The van der Waals surface area contributed by atoms with Gasteiger partial charge in [-0.1, -0.05) is 12.0 Å². The van der Waals surface area contributed by atoms with Crippen molar-refractivity contribution in [2.45, 2.75) is 25.0 Å². The van der Waals surface area contributed by atoms with Crippen LogP contribution in [0.25, 0.3) is 32.9 Å². The van der Waals surface area contributed by atoms with Crippen molar-refractivity contribution in [1.82, 2.24) is 19.9 Å². The van der Waals surface area contributed by atoms with Crippen molar-refractivity contribution in [2.75, 3.05) is 56.1 Å². The largest absolute Gasteiger partial charge is 0.371 e. The van der Waals surface area contributed by atoms with Crippen LogP contribution in [0.2, 0.25) is 0 Å². The molecule has 0 aliphatic carbocycles. The number of pyridine rings is 1. The third kappa shape index (κ3) is 4.31. The summed E-state index contributed by atoms with van der Waals surface area (Å²) in [5.41, 5.74) is 0.610. The predicted octanol–water partition coefficient (Wildman–Crippen LogP) is 4.10. The van der Waals surface area contributed by atoms with E-state index in [-0.39, 0.29) is 40.1 Å². The highest BCUT2D eigenvalue weighted by molar-refractivity contribution is 6.03. The summed E-state index contributed by atoms with van der Waals surface area (Å²) in [7, 11) is 2.07. The van der Waals surface area contributed by atoms with Crippen molar-refractivity contribution in [3.63, 3.8) is 0 Å². The molecule has 7 rings (SSSR count). The Hall–Kier alpha value is -4.38. The average Bonchev–Trinajstić information content (AvgIpc) is 3.33. The Kier molecular flexibility index (Phi) is 6.19. The summed E-state index contributed by atoms with van der Waals surface area (Å²) in [6, 6.07) is 8.01. The third-order valence-corrected chi connectivity index (χ3v) is 8.38. The van der Waals surface area contributed by atoms with E-state index in [2.05, 4.69) is 38.7 Å². The number of nitrogens with zero attached hydrogens (tertiary/aromatic N) is 7. The molecule has 3 aliphatic rings. The van der Waals surface area contributed by atoms with Crippen LogP contribution >= 0.6 is 0 Å². The molecule has 2 aromatic heterocycles. The number of nitriles is 1. The second kappa shape index (κ2) is 9.91. The van der Waals surface area contributed by atoms with Gasteiger partial charge < -0.3 is 19.4 Å². The van der Waals surface area contributed by atoms with Crippen molar-refractivity contribution in [1.29, 1.82) is 5.26 Å². The molecule has 0 N–H and O–H groups in total. The number of hydrogen-bond donors (Lipinski definition) is 0. The van der Waals surface area contributed by atoms with Crippen molar-refractivity contribution in [3.05, 3.63) is 53.2 Å². The zero-order valence-corrected chi connectivity index (χ0v) is 22.6. The molecule has 0 radical (unpaired) electrons. The lowest BCUT2D eigenvalue weighted by atomic mass is 9.94. The van der Waals surface area contributed by atoms with Gasteiger partial charge in [0.15, 0.2) is 5.82 Å². The summed E-state index contributed by atoms with van der Waals surface area (Å²) in [5, 5.41) is 11.0. The molecule has 4 aromatic rings. The first-order valence-corrected chi connectivity index (χ1v) is 13.8. The first-order chi connectivity index (χ1) is 19.9. The van der Waals surface area contributed by atoms with E-state index in [1.807, 2.05) is 0 Å². The molecule has 41 heavy (non-hydrogen) atoms. The number of hydrogen-bond acceptors (Lipinski definition) is 8. The number of ether oxygens (including phenoxy) is 1. The van der Waals surface area contributed by atoms with E-state index in [9.17, 15) is 9.65 Å². The van der Waals surface area contributed by atoms with Crippen LogP contribution < -0.4 is 9.80 Å². The number of rotatable bonds is 3. The Bertz CT molecular complexity index is 1780. The van der Waals surface area contributed by atoms with E-state index in [0.29, 0.717) is 41.0 Å². The second-order valence-corrected chi connectivity index (χ2v) is 11.0. The average molecular weight is 552 g/mol. The number of halogens is 2. The lowest BCUT2D eigenvalue weighted by Crippen LogP contribution is -2.46. The fourth-order valence-electron chi connectivity index (χ4n) is 6.23. The number of fused-ring (bicyclic) bond motifs is 4. The molecule has 0 amide bonds. The summed E-state index contributed by atoms with van der Waals surface area (Å²) in [6.07, 6.45) is 9.47. The first kappa shape index (κ1) is 25.6. The van der Waals surface area contributed by atoms with Crippen LogP contribution in [0.5, 0.6) is 0 Å². The Labute approximate surface area is 236 Å². The fraction of sp³-hybridized carbons (Fsp3) is 0.355. The van der Waals surface area contributed by atoms with Gasteiger partial charge in [-0.05, 0) is 43.5 Å². The summed E-state index contributed by atoms with van der Waals surface area (Å²) in [6.45, 7) is 4.44. The van der Waals surface area contributed by atoms with Crippen molar-refractivity contribution in [3.8, 4) is 29.7 Å². The standard InChI is InChI=1S/C31H27F2N7O/c1-3-22-25(32)7-4-19-12-18(14-34)13-23(26(19)22)28-27(33)29-24(15-35-28)30(40-16-20-5-6-21(17-40)41-20)37-31(36-29)39-10-8-38(2)9-11-39/h1,4,7,12-13,15,20-21H,5-6,8-11,16-17H2,2H3/t20-,21+. The molecule has 3 fully saturated rings. The van der Waals surface area contributed by atoms with E-state index in [4.69, 9.17) is 21.1 Å². The maximum Gasteiger partial charge on any atom is 0.228 e. The quantitative estimate of drug-likeness (QED) is 0.352. The molecule has 2 aromatic carbocycles. The van der Waals surface area contributed by atoms with Gasteiger partial charge >= 0.3 is 0 Å². The molecule has 0 unspecified atom stereocenters. The second-order valence-electron chi connectivity index (χ2n) is 11.0. The van der Waals surface area contributed by atoms with Gasteiger partial charge in [-0.2, -0.15) is 10.2 Å². The van der Waals surface area contributed by atoms with E-state index in [0.717, 1.165) is 39.0 Å². The third-order valence-electron chi connectivity index (χ3n) is 8.38. The lowest BCUT2D eigenvalue weighted by Gasteiger charge is -2.35. The number of benzene rings is 2. The van der Waals surface area contributed by atoms with Crippen LogP contribution in [0.1, 0.15) is 24.0 Å². The topological polar surface area (TPSA) is 81.4 Å². The summed E-state index contributed by atoms with van der Waals surface area (Å²) < 4.78 is 37.6. The maximum absolute atomic E-state index is 16.7. The van der Waals surface area contributed by atoms with Gasteiger partial charge in [0.25, 0.3) is 0 Å². The van der Waals surface area contributed by atoms with Gasteiger partial charge in [0.1, 0.15) is 22.8 Å². The minimum Gasteiger partial charge on any atom is -0.371 e. The van der Waals surface area contributed by atoms with Gasteiger partial charge in [-0.15, -0.1) is 6.42 Å². The molecular formula is C31H27F2N7O. The lowest BCUT2D eigenvalue weighted by molar-refractivity contribution is 0.0303. The van der Waals surface area contributed by atoms with Crippen LogP contribution in [0.4, 0.5) is 20.5 Å². The highest BCUT2D eigenvalue weighted by Gasteiger charge is 2.36.